The summed E-state index contributed by atoms with van der Waals surface area (Å²) in [6.07, 6.45) is 11.0. The number of carbonyl (C=O) groups excluding carboxylic acids is 2. The first kappa shape index (κ1) is 40.8. The molecule has 0 aliphatic carbocycles. The van der Waals surface area contributed by atoms with E-state index in [0.29, 0.717) is 67.8 Å². The van der Waals surface area contributed by atoms with E-state index in [1.165, 1.54) is 21.8 Å². The molecule has 2 amide bonds. The molecule has 4 aromatic rings. The number of ether oxygens (including phenoxy) is 2. The van der Waals surface area contributed by atoms with Gasteiger partial charge < -0.3 is 19.3 Å². The first-order valence-electron chi connectivity index (χ1n) is 14.1. The molecule has 10 nitrogen and oxygen atoms in total. The van der Waals surface area contributed by atoms with Crippen LogP contribution in [0.3, 0.4) is 0 Å². The van der Waals surface area contributed by atoms with Crippen LogP contribution in [0.25, 0.3) is 0 Å². The van der Waals surface area contributed by atoms with Gasteiger partial charge in [-0.2, -0.15) is 0 Å². The SMILES string of the molecule is CCCN(CCOc1c(Cl)cc(Cl)cc1Cl)C(=O)n1ccnc1.CCCN(CCOc1c(Cl)cc(Cl)cc1Cl)C(=O)n1ccnc1.[Mn+2]. The van der Waals surface area contributed by atoms with Crippen LogP contribution in [0.2, 0.25) is 30.1 Å². The number of carbonyl (C=O) groups is 2. The van der Waals surface area contributed by atoms with Crippen molar-refractivity contribution in [1.29, 1.82) is 0 Å². The third kappa shape index (κ3) is 12.6. The van der Waals surface area contributed by atoms with Crippen molar-refractivity contribution in [2.45, 2.75) is 26.7 Å². The predicted molar refractivity (Wildman–Crippen MR) is 184 cm³/mol. The molecule has 0 aliphatic heterocycles. The zero-order valence-electron chi connectivity index (χ0n) is 25.4. The number of rotatable bonds is 12. The van der Waals surface area contributed by atoms with Gasteiger partial charge in [-0.1, -0.05) is 83.5 Å². The van der Waals surface area contributed by atoms with E-state index < -0.39 is 0 Å². The molecule has 0 unspecified atom stereocenters. The number of hydrogen-bond acceptors (Lipinski definition) is 6. The van der Waals surface area contributed by atoms with Gasteiger partial charge in [0.1, 0.15) is 25.9 Å². The van der Waals surface area contributed by atoms with Crippen molar-refractivity contribution >= 4 is 81.7 Å². The maximum atomic E-state index is 12.3. The molecule has 47 heavy (non-hydrogen) atoms. The standard InChI is InChI=1S/2C15H16Cl3N3O2.Mn/c2*1-2-4-20(15(22)21-5-3-19-10-21)6-7-23-14-12(17)8-11(16)9-13(14)18;/h2*3,5,8-10H,2,4,6-7H2,1H3;/q;;+2. The van der Waals surface area contributed by atoms with Crippen molar-refractivity contribution in [3.63, 3.8) is 0 Å². The Balaban J connectivity index is 0.000000320. The summed E-state index contributed by atoms with van der Waals surface area (Å²) in [4.78, 5) is 35.8. The predicted octanol–water partition coefficient (Wildman–Crippen LogP) is 9.20. The third-order valence-electron chi connectivity index (χ3n) is 6.12. The fourth-order valence-corrected chi connectivity index (χ4v) is 5.92. The van der Waals surface area contributed by atoms with Gasteiger partial charge in [0.05, 0.1) is 33.2 Å². The number of aromatic nitrogens is 4. The molecule has 253 valence electrons. The second kappa shape index (κ2) is 20.9. The molecule has 0 aliphatic rings. The second-order valence-electron chi connectivity index (χ2n) is 9.57. The molecule has 0 fully saturated rings. The Morgan fingerprint density at radius 1 is 0.638 bits per heavy atom. The van der Waals surface area contributed by atoms with E-state index in [0.717, 1.165) is 12.8 Å². The quantitative estimate of drug-likeness (QED) is 0.133. The molecule has 17 heteroatoms. The molecule has 1 radical (unpaired) electrons. The van der Waals surface area contributed by atoms with Crippen molar-refractivity contribution in [2.75, 3.05) is 39.4 Å². The first-order chi connectivity index (χ1) is 22.0. The van der Waals surface area contributed by atoms with Gasteiger partial charge in [-0.15, -0.1) is 0 Å². The van der Waals surface area contributed by atoms with Gasteiger partial charge in [0.15, 0.2) is 11.5 Å². The van der Waals surface area contributed by atoms with Crippen molar-refractivity contribution in [3.05, 3.63) is 91.8 Å². The summed E-state index contributed by atoms with van der Waals surface area (Å²) < 4.78 is 14.1. The van der Waals surface area contributed by atoms with E-state index in [1.54, 1.807) is 58.9 Å². The van der Waals surface area contributed by atoms with Gasteiger partial charge in [0, 0.05) is 47.9 Å². The number of benzene rings is 2. The summed E-state index contributed by atoms with van der Waals surface area (Å²) in [6, 6.07) is 5.94. The first-order valence-corrected chi connectivity index (χ1v) is 16.4. The maximum absolute atomic E-state index is 12.3. The Bertz CT molecular complexity index is 1400. The average Bonchev–Trinajstić information content (AvgIpc) is 3.74. The van der Waals surface area contributed by atoms with Gasteiger partial charge in [-0.25, -0.2) is 19.6 Å². The molecule has 0 atom stereocenters. The minimum Gasteiger partial charge on any atom is -0.489 e. The number of halogens is 6. The van der Waals surface area contributed by atoms with E-state index in [1.807, 2.05) is 13.8 Å². The Hall–Kier alpha value is -2.34. The fraction of sp³-hybridized carbons (Fsp3) is 0.333. The summed E-state index contributed by atoms with van der Waals surface area (Å²) in [5.41, 5.74) is 0. The minimum absolute atomic E-state index is 0. The molecule has 0 saturated heterocycles. The Labute approximate surface area is 314 Å². The molecule has 0 N–H and O–H groups in total. The minimum atomic E-state index is -0.152. The van der Waals surface area contributed by atoms with Crippen molar-refractivity contribution in [3.8, 4) is 11.5 Å². The van der Waals surface area contributed by atoms with Gasteiger partial charge >= 0.3 is 29.1 Å². The van der Waals surface area contributed by atoms with E-state index in [4.69, 9.17) is 79.1 Å². The van der Waals surface area contributed by atoms with Crippen LogP contribution >= 0.6 is 69.6 Å². The van der Waals surface area contributed by atoms with Gasteiger partial charge in [-0.05, 0) is 37.1 Å². The normalized spacial score (nSPS) is 10.4. The van der Waals surface area contributed by atoms with Crippen LogP contribution in [-0.4, -0.2) is 80.4 Å². The molecule has 0 bridgehead atoms. The Kier molecular flexibility index (Phi) is 18.2. The number of hydrogen-bond donors (Lipinski definition) is 0. The smallest absolute Gasteiger partial charge is 0.489 e. The third-order valence-corrected chi connectivity index (χ3v) is 7.68. The Morgan fingerprint density at radius 2 is 0.979 bits per heavy atom. The summed E-state index contributed by atoms with van der Waals surface area (Å²) in [5.74, 6) is 0.730. The monoisotopic (exact) mass is 805 g/mol. The van der Waals surface area contributed by atoms with Crippen LogP contribution in [0, 0.1) is 0 Å². The molecule has 0 spiro atoms. The van der Waals surface area contributed by atoms with Crippen LogP contribution in [0.5, 0.6) is 11.5 Å². The van der Waals surface area contributed by atoms with E-state index in [9.17, 15) is 9.59 Å². The van der Waals surface area contributed by atoms with Crippen LogP contribution in [-0.2, 0) is 17.1 Å². The summed E-state index contributed by atoms with van der Waals surface area (Å²) in [7, 11) is 0. The van der Waals surface area contributed by atoms with Crippen LogP contribution in [0.15, 0.2) is 61.7 Å². The van der Waals surface area contributed by atoms with Crippen molar-refractivity contribution < 1.29 is 36.1 Å². The zero-order valence-corrected chi connectivity index (χ0v) is 31.1. The molecule has 2 aromatic heterocycles. The van der Waals surface area contributed by atoms with Crippen LogP contribution in [0.1, 0.15) is 26.7 Å². The largest absolute Gasteiger partial charge is 2.00 e. The van der Waals surface area contributed by atoms with Gasteiger partial charge in [-0.3, -0.25) is 9.13 Å². The number of amides is 2. The molecular weight excluding hydrogens is 776 g/mol. The average molecular weight is 808 g/mol. The van der Waals surface area contributed by atoms with E-state index in [-0.39, 0.29) is 42.3 Å². The molecular formula is C30H32Cl6MnN6O4+2. The van der Waals surface area contributed by atoms with E-state index in [2.05, 4.69) is 9.97 Å². The molecule has 2 aromatic carbocycles. The summed E-state index contributed by atoms with van der Waals surface area (Å²) in [5, 5.41) is 2.23. The van der Waals surface area contributed by atoms with Crippen LogP contribution in [0.4, 0.5) is 9.59 Å². The maximum Gasteiger partial charge on any atom is 2.00 e. The van der Waals surface area contributed by atoms with Gasteiger partial charge in [0.2, 0.25) is 0 Å². The summed E-state index contributed by atoms with van der Waals surface area (Å²) in [6.45, 7) is 6.57. The summed E-state index contributed by atoms with van der Waals surface area (Å²) >= 11 is 36.0. The van der Waals surface area contributed by atoms with Crippen molar-refractivity contribution in [2.24, 2.45) is 0 Å². The molecule has 0 saturated carbocycles. The fourth-order valence-electron chi connectivity index (χ4n) is 4.07. The Morgan fingerprint density at radius 3 is 1.26 bits per heavy atom. The number of imidazole rings is 2. The van der Waals surface area contributed by atoms with Crippen LogP contribution < -0.4 is 9.47 Å². The molecule has 2 heterocycles. The van der Waals surface area contributed by atoms with E-state index >= 15 is 0 Å². The topological polar surface area (TPSA) is 94.7 Å². The van der Waals surface area contributed by atoms with Crippen molar-refractivity contribution in [1.82, 2.24) is 28.9 Å². The zero-order chi connectivity index (χ0) is 33.6. The number of nitrogens with zero attached hydrogens (tertiary/aromatic N) is 6. The second-order valence-corrected chi connectivity index (χ2v) is 12.1. The van der Waals surface area contributed by atoms with Gasteiger partial charge in [0.25, 0.3) is 0 Å². The molecule has 4 rings (SSSR count).